The van der Waals surface area contributed by atoms with Crippen molar-refractivity contribution in [2.24, 2.45) is 5.92 Å². The van der Waals surface area contributed by atoms with Gasteiger partial charge in [0.2, 0.25) is 15.9 Å². The van der Waals surface area contributed by atoms with Crippen LogP contribution in [-0.4, -0.2) is 38.3 Å². The molecule has 2 atom stereocenters. The van der Waals surface area contributed by atoms with Gasteiger partial charge in [0.25, 0.3) is 0 Å². The highest BCUT2D eigenvalue weighted by molar-refractivity contribution is 7.89. The number of carbonyl (C=O) groups excluding carboxylic acids is 1. The number of hydrogen-bond acceptors (Lipinski definition) is 3. The highest BCUT2D eigenvalue weighted by Gasteiger charge is 2.33. The molecule has 0 unspecified atom stereocenters. The molecule has 7 heteroatoms. The van der Waals surface area contributed by atoms with E-state index >= 15 is 0 Å². The molecule has 0 spiro atoms. The van der Waals surface area contributed by atoms with Crippen LogP contribution in [0.2, 0.25) is 0 Å². The van der Waals surface area contributed by atoms with E-state index in [9.17, 15) is 17.6 Å². The first kappa shape index (κ1) is 20.5. The van der Waals surface area contributed by atoms with E-state index in [0.29, 0.717) is 25.9 Å². The minimum absolute atomic E-state index is 0.0488. The van der Waals surface area contributed by atoms with Crippen LogP contribution in [-0.2, 0) is 14.8 Å². The first-order valence-corrected chi connectivity index (χ1v) is 10.9. The van der Waals surface area contributed by atoms with E-state index in [0.717, 1.165) is 17.7 Å². The molecule has 0 saturated carbocycles. The Labute approximate surface area is 165 Å². The lowest BCUT2D eigenvalue weighted by atomic mass is 9.97. The van der Waals surface area contributed by atoms with E-state index in [1.807, 2.05) is 37.3 Å². The van der Waals surface area contributed by atoms with Crippen LogP contribution in [0.1, 0.15) is 31.2 Å². The maximum absolute atomic E-state index is 13.1. The molecule has 5 nitrogen and oxygen atoms in total. The molecule has 3 rings (SSSR count). The molecule has 28 heavy (non-hydrogen) atoms. The fraction of sp³-hybridized carbons (Fsp3) is 0.381. The maximum Gasteiger partial charge on any atom is 0.243 e. The molecule has 2 aromatic rings. The van der Waals surface area contributed by atoms with Crippen molar-refractivity contribution in [1.29, 1.82) is 0 Å². The molecule has 1 saturated heterocycles. The van der Waals surface area contributed by atoms with E-state index in [1.54, 1.807) is 0 Å². The average Bonchev–Trinajstić information content (AvgIpc) is 2.72. The minimum atomic E-state index is -3.73. The minimum Gasteiger partial charge on any atom is -0.355 e. The topological polar surface area (TPSA) is 66.5 Å². The molecule has 0 aromatic heterocycles. The largest absolute Gasteiger partial charge is 0.355 e. The molecule has 0 bridgehead atoms. The number of amides is 1. The van der Waals surface area contributed by atoms with Gasteiger partial charge in [0.15, 0.2) is 0 Å². The maximum atomic E-state index is 13.1. The van der Waals surface area contributed by atoms with Gasteiger partial charge in [0, 0.05) is 19.6 Å². The Morgan fingerprint density at radius 2 is 1.86 bits per heavy atom. The smallest absolute Gasteiger partial charge is 0.243 e. The third-order valence-electron chi connectivity index (χ3n) is 5.16. The van der Waals surface area contributed by atoms with Crippen molar-refractivity contribution in [3.8, 4) is 0 Å². The van der Waals surface area contributed by atoms with E-state index in [4.69, 9.17) is 0 Å². The Hall–Kier alpha value is -2.25. The average molecular weight is 405 g/mol. The van der Waals surface area contributed by atoms with Crippen LogP contribution in [0, 0.1) is 11.7 Å². The van der Waals surface area contributed by atoms with Crippen molar-refractivity contribution < 1.29 is 17.6 Å². The van der Waals surface area contributed by atoms with Gasteiger partial charge in [-0.05, 0) is 48.6 Å². The number of halogens is 1. The number of rotatable bonds is 6. The highest BCUT2D eigenvalue weighted by atomic mass is 32.2. The fourth-order valence-electron chi connectivity index (χ4n) is 3.43. The lowest BCUT2D eigenvalue weighted by Crippen LogP contribution is -2.45. The van der Waals surface area contributed by atoms with Crippen LogP contribution in [0.3, 0.4) is 0 Å². The van der Waals surface area contributed by atoms with Crippen molar-refractivity contribution >= 4 is 15.9 Å². The predicted molar refractivity (Wildman–Crippen MR) is 106 cm³/mol. The lowest BCUT2D eigenvalue weighted by Gasteiger charge is -2.31. The molecular formula is C21H25FN2O3S. The first-order chi connectivity index (χ1) is 13.4. The molecule has 1 heterocycles. The molecule has 1 aliphatic rings. The lowest BCUT2D eigenvalue weighted by molar-refractivity contribution is -0.126. The molecular weight excluding hydrogens is 379 g/mol. The monoisotopic (exact) mass is 404 g/mol. The van der Waals surface area contributed by atoms with Crippen molar-refractivity contribution in [2.45, 2.75) is 30.6 Å². The van der Waals surface area contributed by atoms with Crippen LogP contribution >= 0.6 is 0 Å². The van der Waals surface area contributed by atoms with Gasteiger partial charge >= 0.3 is 0 Å². The summed E-state index contributed by atoms with van der Waals surface area (Å²) in [6, 6.07) is 14.7. The summed E-state index contributed by atoms with van der Waals surface area (Å²) in [5, 5.41) is 2.96. The van der Waals surface area contributed by atoms with Crippen LogP contribution in [0.25, 0.3) is 0 Å². The molecule has 0 radical (unpaired) electrons. The summed E-state index contributed by atoms with van der Waals surface area (Å²) in [5.41, 5.74) is 1.15. The van der Waals surface area contributed by atoms with Crippen molar-refractivity contribution in [2.75, 3.05) is 19.6 Å². The van der Waals surface area contributed by atoms with Crippen LogP contribution in [0.4, 0.5) is 4.39 Å². The summed E-state index contributed by atoms with van der Waals surface area (Å²) in [6.07, 6.45) is 1.27. The number of nitrogens with one attached hydrogen (secondary N) is 1. The number of benzene rings is 2. The SMILES string of the molecule is C[C@H](CNC(=O)[C@H]1CCCN(S(=O)(=O)c2ccc(F)cc2)C1)c1ccccc1. The van der Waals surface area contributed by atoms with Gasteiger partial charge in [-0.15, -0.1) is 0 Å². The van der Waals surface area contributed by atoms with E-state index in [-0.39, 0.29) is 29.2 Å². The number of piperidine rings is 1. The van der Waals surface area contributed by atoms with Crippen molar-refractivity contribution in [3.63, 3.8) is 0 Å². The second-order valence-corrected chi connectivity index (χ2v) is 9.15. The van der Waals surface area contributed by atoms with Gasteiger partial charge in [-0.25, -0.2) is 12.8 Å². The molecule has 1 N–H and O–H groups in total. The molecule has 0 aliphatic carbocycles. The first-order valence-electron chi connectivity index (χ1n) is 9.46. The Kier molecular flexibility index (Phi) is 6.46. The van der Waals surface area contributed by atoms with Crippen LogP contribution in [0.15, 0.2) is 59.5 Å². The van der Waals surface area contributed by atoms with Crippen LogP contribution in [0.5, 0.6) is 0 Å². The van der Waals surface area contributed by atoms with E-state index < -0.39 is 15.8 Å². The Balaban J connectivity index is 1.61. The molecule has 150 valence electrons. The highest BCUT2D eigenvalue weighted by Crippen LogP contribution is 2.24. The third-order valence-corrected chi connectivity index (χ3v) is 7.04. The molecule has 2 aromatic carbocycles. The van der Waals surface area contributed by atoms with Gasteiger partial charge in [0.05, 0.1) is 10.8 Å². The Bertz CT molecular complexity index is 901. The summed E-state index contributed by atoms with van der Waals surface area (Å²) in [4.78, 5) is 12.7. The summed E-state index contributed by atoms with van der Waals surface area (Å²) >= 11 is 0. The predicted octanol–water partition coefficient (Wildman–Crippen LogP) is 3.15. The number of nitrogens with zero attached hydrogens (tertiary/aromatic N) is 1. The van der Waals surface area contributed by atoms with Gasteiger partial charge in [0.1, 0.15) is 5.82 Å². The van der Waals surface area contributed by atoms with Gasteiger partial charge in [-0.3, -0.25) is 4.79 Å². The standard InChI is InChI=1S/C21H25FN2O3S/c1-16(17-6-3-2-4-7-17)14-23-21(25)18-8-5-13-24(15-18)28(26,27)20-11-9-19(22)10-12-20/h2-4,6-7,9-12,16,18H,5,8,13-15H2,1H3,(H,23,25)/t16-,18+/m1/s1. The van der Waals surface area contributed by atoms with E-state index in [2.05, 4.69) is 5.32 Å². The summed E-state index contributed by atoms with van der Waals surface area (Å²) in [7, 11) is -3.73. The second-order valence-electron chi connectivity index (χ2n) is 7.21. The normalized spacial score (nSPS) is 19.1. The molecule has 1 fully saturated rings. The molecule has 1 amide bonds. The summed E-state index contributed by atoms with van der Waals surface area (Å²) in [5.74, 6) is -0.816. The van der Waals surface area contributed by atoms with Crippen LogP contribution < -0.4 is 5.32 Å². The van der Waals surface area contributed by atoms with Gasteiger partial charge in [-0.2, -0.15) is 4.31 Å². The Morgan fingerprint density at radius 1 is 1.18 bits per heavy atom. The van der Waals surface area contributed by atoms with Gasteiger partial charge in [-0.1, -0.05) is 37.3 Å². The van der Waals surface area contributed by atoms with E-state index in [1.165, 1.54) is 16.4 Å². The summed E-state index contributed by atoms with van der Waals surface area (Å²) in [6.45, 7) is 3.06. The van der Waals surface area contributed by atoms with Crippen molar-refractivity contribution in [1.82, 2.24) is 9.62 Å². The number of carbonyl (C=O) groups is 1. The second kappa shape index (κ2) is 8.84. The molecule has 1 aliphatic heterocycles. The zero-order chi connectivity index (χ0) is 20.1. The quantitative estimate of drug-likeness (QED) is 0.804. The summed E-state index contributed by atoms with van der Waals surface area (Å²) < 4.78 is 40.0. The number of hydrogen-bond donors (Lipinski definition) is 1. The zero-order valence-electron chi connectivity index (χ0n) is 15.8. The zero-order valence-corrected chi connectivity index (χ0v) is 16.7. The fourth-order valence-corrected chi connectivity index (χ4v) is 4.95. The number of sulfonamides is 1. The third kappa shape index (κ3) is 4.77. The van der Waals surface area contributed by atoms with Gasteiger partial charge < -0.3 is 5.32 Å². The Morgan fingerprint density at radius 3 is 2.54 bits per heavy atom. The van der Waals surface area contributed by atoms with Crippen molar-refractivity contribution in [3.05, 3.63) is 66.0 Å².